The number of ether oxygens (including phenoxy) is 1. The molecular weight excluding hydrogens is 382 g/mol. The van der Waals surface area contributed by atoms with Gasteiger partial charge in [0, 0.05) is 18.3 Å². The molecule has 0 spiro atoms. The SMILES string of the molecule is CC(C)C(CCN(C)CC1OCC(O)C1O)NC(=O)Nc1ccc(C(C)(C)C)cc1. The third-order valence-electron chi connectivity index (χ3n) is 5.70. The van der Waals surface area contributed by atoms with Crippen LogP contribution in [0.25, 0.3) is 0 Å². The highest BCUT2D eigenvalue weighted by Gasteiger charge is 2.35. The van der Waals surface area contributed by atoms with Crippen molar-refractivity contribution in [2.24, 2.45) is 5.92 Å². The summed E-state index contributed by atoms with van der Waals surface area (Å²) in [5, 5.41) is 25.5. The molecule has 4 atom stereocenters. The van der Waals surface area contributed by atoms with Crippen LogP contribution in [-0.2, 0) is 10.2 Å². The first kappa shape index (κ1) is 24.6. The molecule has 4 unspecified atom stereocenters. The molecule has 30 heavy (non-hydrogen) atoms. The largest absolute Gasteiger partial charge is 0.388 e. The van der Waals surface area contributed by atoms with Crippen LogP contribution in [0, 0.1) is 5.92 Å². The molecule has 1 aromatic rings. The van der Waals surface area contributed by atoms with Gasteiger partial charge < -0.3 is 30.5 Å². The number of nitrogens with zero attached hydrogens (tertiary/aromatic N) is 1. The van der Waals surface area contributed by atoms with E-state index in [1.54, 1.807) is 0 Å². The van der Waals surface area contributed by atoms with Crippen LogP contribution in [0.1, 0.15) is 46.6 Å². The minimum atomic E-state index is -0.845. The van der Waals surface area contributed by atoms with Crippen LogP contribution in [0.5, 0.6) is 0 Å². The van der Waals surface area contributed by atoms with Crippen molar-refractivity contribution in [3.05, 3.63) is 29.8 Å². The summed E-state index contributed by atoms with van der Waals surface area (Å²) in [6.07, 6.45) is -1.26. The average molecular weight is 422 g/mol. The van der Waals surface area contributed by atoms with Gasteiger partial charge in [-0.1, -0.05) is 46.8 Å². The highest BCUT2D eigenvalue weighted by atomic mass is 16.5. The van der Waals surface area contributed by atoms with Crippen LogP contribution in [0.4, 0.5) is 10.5 Å². The molecule has 1 fully saturated rings. The van der Waals surface area contributed by atoms with Gasteiger partial charge in [0.25, 0.3) is 0 Å². The summed E-state index contributed by atoms with van der Waals surface area (Å²) >= 11 is 0. The standard InChI is InChI=1S/C23H39N3O4/c1-15(2)18(11-12-26(6)13-20-21(28)19(27)14-30-20)25-22(29)24-17-9-7-16(8-10-17)23(3,4)5/h7-10,15,18-21,27-28H,11-14H2,1-6H3,(H2,24,25,29). The maximum atomic E-state index is 12.5. The average Bonchev–Trinajstić information content (AvgIpc) is 2.96. The maximum absolute atomic E-state index is 12.5. The number of anilines is 1. The molecule has 1 aliphatic heterocycles. The fourth-order valence-electron chi connectivity index (χ4n) is 3.55. The minimum Gasteiger partial charge on any atom is -0.388 e. The number of nitrogens with one attached hydrogen (secondary N) is 2. The van der Waals surface area contributed by atoms with E-state index in [1.165, 1.54) is 5.56 Å². The number of rotatable bonds is 8. The second-order valence-electron chi connectivity index (χ2n) is 9.76. The van der Waals surface area contributed by atoms with Gasteiger partial charge in [0.2, 0.25) is 0 Å². The third-order valence-corrected chi connectivity index (χ3v) is 5.70. The Bertz CT molecular complexity index is 672. The number of urea groups is 1. The lowest BCUT2D eigenvalue weighted by atomic mass is 9.87. The van der Waals surface area contributed by atoms with Crippen molar-refractivity contribution in [1.29, 1.82) is 0 Å². The molecule has 0 aliphatic carbocycles. The molecule has 0 bridgehead atoms. The van der Waals surface area contributed by atoms with Gasteiger partial charge in [0.05, 0.1) is 12.7 Å². The van der Waals surface area contributed by atoms with Crippen molar-refractivity contribution >= 4 is 11.7 Å². The summed E-state index contributed by atoms with van der Waals surface area (Å²) in [6, 6.07) is 7.75. The highest BCUT2D eigenvalue weighted by Crippen LogP contribution is 2.23. The lowest BCUT2D eigenvalue weighted by Gasteiger charge is -2.27. The zero-order valence-corrected chi connectivity index (χ0v) is 19.2. The number of aliphatic hydroxyl groups is 2. The molecule has 0 aromatic heterocycles. The summed E-state index contributed by atoms with van der Waals surface area (Å²) < 4.78 is 5.44. The zero-order chi connectivity index (χ0) is 22.5. The number of amides is 2. The van der Waals surface area contributed by atoms with E-state index in [0.717, 1.165) is 18.7 Å². The Morgan fingerprint density at radius 1 is 1.23 bits per heavy atom. The fourth-order valence-corrected chi connectivity index (χ4v) is 3.55. The lowest BCUT2D eigenvalue weighted by Crippen LogP contribution is -2.44. The molecule has 7 nitrogen and oxygen atoms in total. The van der Waals surface area contributed by atoms with E-state index in [9.17, 15) is 15.0 Å². The van der Waals surface area contributed by atoms with E-state index in [1.807, 2.05) is 31.3 Å². The van der Waals surface area contributed by atoms with Gasteiger partial charge in [-0.05, 0) is 49.0 Å². The van der Waals surface area contributed by atoms with Crippen molar-refractivity contribution in [2.45, 2.75) is 70.8 Å². The maximum Gasteiger partial charge on any atom is 0.319 e. The normalized spacial score (nSPS) is 23.1. The van der Waals surface area contributed by atoms with Gasteiger partial charge in [0.15, 0.2) is 0 Å². The molecule has 0 radical (unpaired) electrons. The number of aliphatic hydroxyl groups excluding tert-OH is 2. The number of likely N-dealkylation sites (N-methyl/N-ethyl adjacent to an activating group) is 1. The van der Waals surface area contributed by atoms with Gasteiger partial charge in [-0.15, -0.1) is 0 Å². The van der Waals surface area contributed by atoms with Crippen molar-refractivity contribution in [2.75, 3.05) is 32.1 Å². The topological polar surface area (TPSA) is 94.1 Å². The third kappa shape index (κ3) is 7.23. The van der Waals surface area contributed by atoms with Crippen LogP contribution in [0.15, 0.2) is 24.3 Å². The van der Waals surface area contributed by atoms with Gasteiger partial charge in [-0.3, -0.25) is 0 Å². The molecule has 2 rings (SSSR count). The molecule has 1 heterocycles. The number of carbonyl (C=O) groups excluding carboxylic acids is 1. The van der Waals surface area contributed by atoms with E-state index < -0.39 is 12.2 Å². The van der Waals surface area contributed by atoms with E-state index >= 15 is 0 Å². The van der Waals surface area contributed by atoms with E-state index in [0.29, 0.717) is 6.54 Å². The van der Waals surface area contributed by atoms with Crippen LogP contribution in [0.3, 0.4) is 0 Å². The first-order chi connectivity index (χ1) is 14.0. The molecule has 7 heteroatoms. The Labute approximate surface area is 180 Å². The van der Waals surface area contributed by atoms with Crippen LogP contribution >= 0.6 is 0 Å². The summed E-state index contributed by atoms with van der Waals surface area (Å²) in [6.45, 7) is 12.1. The van der Waals surface area contributed by atoms with Crippen LogP contribution < -0.4 is 10.6 Å². The van der Waals surface area contributed by atoms with E-state index in [2.05, 4.69) is 50.2 Å². The molecule has 4 N–H and O–H groups in total. The van der Waals surface area contributed by atoms with Crippen LogP contribution in [0.2, 0.25) is 0 Å². The molecule has 2 amide bonds. The van der Waals surface area contributed by atoms with Gasteiger partial charge in [0.1, 0.15) is 12.2 Å². The Hall–Kier alpha value is -1.67. The summed E-state index contributed by atoms with van der Waals surface area (Å²) in [5.41, 5.74) is 2.07. The second kappa shape index (κ2) is 10.6. The quantitative estimate of drug-likeness (QED) is 0.518. The predicted molar refractivity (Wildman–Crippen MR) is 120 cm³/mol. The van der Waals surface area contributed by atoms with Crippen molar-refractivity contribution in [1.82, 2.24) is 10.2 Å². The van der Waals surface area contributed by atoms with Gasteiger partial charge in [-0.25, -0.2) is 4.79 Å². The zero-order valence-electron chi connectivity index (χ0n) is 19.2. The molecule has 1 aliphatic rings. The monoisotopic (exact) mass is 421 g/mol. The molecule has 0 saturated carbocycles. The fraction of sp³-hybridized carbons (Fsp3) is 0.696. The Balaban J connectivity index is 1.82. The lowest BCUT2D eigenvalue weighted by molar-refractivity contribution is 0.00802. The van der Waals surface area contributed by atoms with Crippen molar-refractivity contribution in [3.8, 4) is 0 Å². The summed E-state index contributed by atoms with van der Waals surface area (Å²) in [7, 11) is 1.95. The van der Waals surface area contributed by atoms with E-state index in [4.69, 9.17) is 4.74 Å². The number of hydrogen-bond acceptors (Lipinski definition) is 5. The van der Waals surface area contributed by atoms with Crippen molar-refractivity contribution in [3.63, 3.8) is 0 Å². The number of benzene rings is 1. The minimum absolute atomic E-state index is 0.0151. The number of carbonyl (C=O) groups is 1. The first-order valence-electron chi connectivity index (χ1n) is 10.8. The van der Waals surface area contributed by atoms with Gasteiger partial charge in [-0.2, -0.15) is 0 Å². The van der Waals surface area contributed by atoms with Gasteiger partial charge >= 0.3 is 6.03 Å². The molecular formula is C23H39N3O4. The summed E-state index contributed by atoms with van der Waals surface area (Å²) in [4.78, 5) is 14.6. The molecule has 1 aromatic carbocycles. The smallest absolute Gasteiger partial charge is 0.319 e. The Morgan fingerprint density at radius 2 is 1.87 bits per heavy atom. The second-order valence-corrected chi connectivity index (χ2v) is 9.76. The highest BCUT2D eigenvalue weighted by molar-refractivity contribution is 5.89. The number of hydrogen-bond donors (Lipinski definition) is 4. The van der Waals surface area contributed by atoms with Crippen LogP contribution in [-0.4, -0.2) is 72.2 Å². The Morgan fingerprint density at radius 3 is 2.37 bits per heavy atom. The van der Waals surface area contributed by atoms with Crippen molar-refractivity contribution < 1.29 is 19.7 Å². The molecule has 170 valence electrons. The van der Waals surface area contributed by atoms with E-state index in [-0.39, 0.29) is 36.1 Å². The Kier molecular flexibility index (Phi) is 8.67. The predicted octanol–water partition coefficient (Wildman–Crippen LogP) is 2.57. The summed E-state index contributed by atoms with van der Waals surface area (Å²) in [5.74, 6) is 0.280. The first-order valence-corrected chi connectivity index (χ1v) is 10.8. The molecule has 1 saturated heterocycles.